The normalized spacial score (nSPS) is 21.3. The summed E-state index contributed by atoms with van der Waals surface area (Å²) in [6.45, 7) is 8.27. The second kappa shape index (κ2) is 16.4. The highest BCUT2D eigenvalue weighted by atomic mass is 35.5. The highest BCUT2D eigenvalue weighted by Crippen LogP contribution is 2.36. The highest BCUT2D eigenvalue weighted by molar-refractivity contribution is 6.30. The van der Waals surface area contributed by atoms with Gasteiger partial charge in [-0.25, -0.2) is 14.4 Å². The fourth-order valence-corrected chi connectivity index (χ4v) is 8.76. The van der Waals surface area contributed by atoms with Crippen LogP contribution in [0.3, 0.4) is 0 Å². The number of rotatable bonds is 10. The Morgan fingerprint density at radius 1 is 0.932 bits per heavy atom. The van der Waals surface area contributed by atoms with Gasteiger partial charge >= 0.3 is 0 Å². The van der Waals surface area contributed by atoms with Crippen molar-refractivity contribution in [3.8, 4) is 11.8 Å². The molecule has 1 N–H and O–H groups in total. The van der Waals surface area contributed by atoms with Gasteiger partial charge < -0.3 is 14.5 Å². The Bertz CT molecular complexity index is 2340. The lowest BCUT2D eigenvalue weighted by Crippen LogP contribution is -2.54. The van der Waals surface area contributed by atoms with Gasteiger partial charge in [-0.2, -0.15) is 5.26 Å². The Kier molecular flexibility index (Phi) is 11.1. The van der Waals surface area contributed by atoms with Gasteiger partial charge in [-0.1, -0.05) is 43.6 Å². The fourth-order valence-electron chi connectivity index (χ4n) is 8.53. The number of piperazine rings is 1. The maximum Gasteiger partial charge on any atom is 0.264 e. The highest BCUT2D eigenvalue weighted by Gasteiger charge is 2.46. The van der Waals surface area contributed by atoms with Gasteiger partial charge in [0.2, 0.25) is 17.8 Å². The summed E-state index contributed by atoms with van der Waals surface area (Å²) in [6, 6.07) is 21.3. The number of hydrogen-bond donors (Lipinski definition) is 1. The number of anilines is 2. The predicted octanol–water partition coefficient (Wildman–Crippen LogP) is 5.29. The van der Waals surface area contributed by atoms with Crippen molar-refractivity contribution in [1.29, 1.82) is 5.26 Å². The Labute approximate surface area is 346 Å². The van der Waals surface area contributed by atoms with Crippen molar-refractivity contribution in [2.24, 2.45) is 5.92 Å². The number of fused-ring (bicyclic) bond motifs is 1. The SMILES string of the molecule is CC(C)(c1ccc(OCc2ccnc(N3CCC(CN4CCN(c5cccc6c5C(=O)N(C5CCC(=O)NC5=O)C6=O)CC4)C(F)C3)n2)cc1)c1cc(Cl)cc(C#N)c1. The number of carbonyl (C=O) groups is 4. The van der Waals surface area contributed by atoms with Crippen LogP contribution in [0, 0.1) is 17.2 Å². The number of nitriles is 1. The number of carbonyl (C=O) groups excluding carboxylic acids is 4. The van der Waals surface area contributed by atoms with Gasteiger partial charge in [-0.05, 0) is 72.5 Å². The zero-order chi connectivity index (χ0) is 41.4. The summed E-state index contributed by atoms with van der Waals surface area (Å²) in [4.78, 5) is 67.6. The first-order valence-electron chi connectivity index (χ1n) is 19.9. The van der Waals surface area contributed by atoms with Crippen LogP contribution < -0.4 is 19.9 Å². The maximum atomic E-state index is 15.8. The van der Waals surface area contributed by atoms with Crippen molar-refractivity contribution < 1.29 is 28.3 Å². The van der Waals surface area contributed by atoms with Crippen LogP contribution in [0.5, 0.6) is 5.75 Å². The van der Waals surface area contributed by atoms with E-state index >= 15 is 4.39 Å². The Hall–Kier alpha value is -5.91. The number of alkyl halides is 1. The second-order valence-electron chi connectivity index (χ2n) is 16.1. The molecule has 0 saturated carbocycles. The number of aromatic nitrogens is 2. The van der Waals surface area contributed by atoms with Crippen LogP contribution in [-0.2, 0) is 21.6 Å². The summed E-state index contributed by atoms with van der Waals surface area (Å²) in [6.07, 6.45) is 1.39. The molecule has 4 aliphatic rings. The van der Waals surface area contributed by atoms with Gasteiger partial charge in [-0.15, -0.1) is 0 Å². The topological polar surface area (TPSA) is 152 Å². The van der Waals surface area contributed by atoms with Gasteiger partial charge in [0.1, 0.15) is 24.6 Å². The molecular formula is C44H44ClFN8O5. The lowest BCUT2D eigenvalue weighted by atomic mass is 9.78. The monoisotopic (exact) mass is 818 g/mol. The molecule has 0 bridgehead atoms. The standard InChI is InChI=1S/C44H44ClFN8O5/c1-44(2,30-20-27(23-47)21-31(45)22-30)29-6-8-33(9-7-29)59-26-32-12-14-48-43(49-32)53-15-13-28(35(46)25-53)24-51-16-18-52(19-17-51)36-5-3-4-34-39(36)42(58)54(41(34)57)37-10-11-38(55)50-40(37)56/h3-9,12,14,20-22,28,35,37H,10-11,13,15-19,24-26H2,1-2H3,(H,50,55,56). The number of amides is 4. The summed E-state index contributed by atoms with van der Waals surface area (Å²) >= 11 is 6.29. The number of halogens is 2. The second-order valence-corrected chi connectivity index (χ2v) is 16.5. The third-order valence-electron chi connectivity index (χ3n) is 12.0. The molecule has 59 heavy (non-hydrogen) atoms. The first-order valence-corrected chi connectivity index (χ1v) is 20.2. The number of nitrogens with one attached hydrogen (secondary N) is 1. The first-order chi connectivity index (χ1) is 28.4. The molecule has 8 rings (SSSR count). The quantitative estimate of drug-likeness (QED) is 0.208. The van der Waals surface area contributed by atoms with E-state index in [0.29, 0.717) is 79.4 Å². The minimum atomic E-state index is -1.08. The van der Waals surface area contributed by atoms with E-state index in [1.165, 1.54) is 0 Å². The van der Waals surface area contributed by atoms with Crippen molar-refractivity contribution in [3.63, 3.8) is 0 Å². The maximum absolute atomic E-state index is 15.8. The van der Waals surface area contributed by atoms with Gasteiger partial charge in [0.05, 0.1) is 40.7 Å². The number of hydrogen-bond acceptors (Lipinski definition) is 11. The molecule has 5 heterocycles. The summed E-state index contributed by atoms with van der Waals surface area (Å²) in [5, 5.41) is 12.2. The summed E-state index contributed by atoms with van der Waals surface area (Å²) in [5.41, 5.74) is 3.96. The summed E-state index contributed by atoms with van der Waals surface area (Å²) in [5.74, 6) is -1.12. The molecule has 3 unspecified atom stereocenters. The molecule has 4 aliphatic heterocycles. The number of piperidine rings is 2. The molecule has 3 saturated heterocycles. The molecule has 13 nitrogen and oxygen atoms in total. The van der Waals surface area contributed by atoms with Crippen LogP contribution in [0.4, 0.5) is 16.0 Å². The first kappa shape index (κ1) is 39.9. The number of ether oxygens (including phenoxy) is 1. The summed E-state index contributed by atoms with van der Waals surface area (Å²) in [7, 11) is 0. The average molecular weight is 819 g/mol. The van der Waals surface area contributed by atoms with Crippen LogP contribution in [0.2, 0.25) is 5.02 Å². The van der Waals surface area contributed by atoms with Crippen molar-refractivity contribution in [2.45, 2.75) is 57.3 Å². The van der Waals surface area contributed by atoms with E-state index in [1.54, 1.807) is 30.5 Å². The lowest BCUT2D eigenvalue weighted by molar-refractivity contribution is -0.136. The van der Waals surface area contributed by atoms with E-state index in [1.807, 2.05) is 47.4 Å². The van der Waals surface area contributed by atoms with Crippen molar-refractivity contribution in [2.75, 3.05) is 55.6 Å². The zero-order valence-corrected chi connectivity index (χ0v) is 33.6. The number of imide groups is 2. The molecule has 0 spiro atoms. The minimum absolute atomic E-state index is 0.0608. The van der Waals surface area contributed by atoms with Gasteiger partial charge in [0.15, 0.2) is 0 Å². The molecule has 0 radical (unpaired) electrons. The molecule has 4 amide bonds. The van der Waals surface area contributed by atoms with Gasteiger partial charge in [0, 0.05) is 68.2 Å². The largest absolute Gasteiger partial charge is 0.487 e. The predicted molar refractivity (Wildman–Crippen MR) is 218 cm³/mol. The van der Waals surface area contributed by atoms with Crippen LogP contribution >= 0.6 is 11.6 Å². The van der Waals surface area contributed by atoms with Crippen LogP contribution in [-0.4, -0.2) is 101 Å². The minimum Gasteiger partial charge on any atom is -0.487 e. The zero-order valence-electron chi connectivity index (χ0n) is 32.9. The van der Waals surface area contributed by atoms with Crippen LogP contribution in [0.1, 0.15) is 76.2 Å². The Balaban J connectivity index is 0.826. The van der Waals surface area contributed by atoms with Crippen LogP contribution in [0.15, 0.2) is 72.9 Å². The average Bonchev–Trinajstić information content (AvgIpc) is 3.49. The Morgan fingerprint density at radius 3 is 2.44 bits per heavy atom. The smallest absolute Gasteiger partial charge is 0.264 e. The van der Waals surface area contributed by atoms with Crippen molar-refractivity contribution in [1.82, 2.24) is 25.1 Å². The van der Waals surface area contributed by atoms with E-state index in [4.69, 9.17) is 21.3 Å². The van der Waals surface area contributed by atoms with Crippen LogP contribution in [0.25, 0.3) is 0 Å². The van der Waals surface area contributed by atoms with Gasteiger partial charge in [0.25, 0.3) is 11.8 Å². The molecule has 3 aromatic carbocycles. The molecule has 4 aromatic rings. The van der Waals surface area contributed by atoms with Crippen molar-refractivity contribution >= 4 is 46.9 Å². The fraction of sp³-hybridized carbons (Fsp3) is 0.386. The van der Waals surface area contributed by atoms with E-state index in [-0.39, 0.29) is 43.0 Å². The number of benzene rings is 3. The third-order valence-corrected chi connectivity index (χ3v) is 12.2. The molecule has 1 aromatic heterocycles. The van der Waals surface area contributed by atoms with E-state index in [0.717, 1.165) is 16.0 Å². The van der Waals surface area contributed by atoms with Gasteiger partial charge in [-0.3, -0.25) is 34.3 Å². The molecule has 3 atom stereocenters. The number of nitrogens with zero attached hydrogens (tertiary/aromatic N) is 7. The lowest BCUT2D eigenvalue weighted by Gasteiger charge is -2.41. The Morgan fingerprint density at radius 2 is 1.71 bits per heavy atom. The van der Waals surface area contributed by atoms with E-state index in [9.17, 15) is 24.4 Å². The van der Waals surface area contributed by atoms with E-state index in [2.05, 4.69) is 40.0 Å². The molecule has 3 fully saturated rings. The molecule has 0 aliphatic carbocycles. The van der Waals surface area contributed by atoms with E-state index < -0.39 is 41.3 Å². The molecule has 304 valence electrons. The summed E-state index contributed by atoms with van der Waals surface area (Å²) < 4.78 is 21.9. The molecule has 15 heteroatoms. The molecular weight excluding hydrogens is 775 g/mol. The van der Waals surface area contributed by atoms with Crippen molar-refractivity contribution in [3.05, 3.63) is 111 Å². The third kappa shape index (κ3) is 8.09.